The second-order valence-corrected chi connectivity index (χ2v) is 2.09. The SMILES string of the molecule is CCn1cc[n+](C)c1.[N-]=C=O.[N-]=C=O.[Na+]. The summed E-state index contributed by atoms with van der Waals surface area (Å²) in [6, 6.07) is 0. The molecule has 15 heavy (non-hydrogen) atoms. The molecule has 0 unspecified atom stereocenters. The van der Waals surface area contributed by atoms with E-state index >= 15 is 0 Å². The molecule has 1 rings (SSSR count). The summed E-state index contributed by atoms with van der Waals surface area (Å²) >= 11 is 0. The number of hydrogen-bond donors (Lipinski definition) is 0. The van der Waals surface area contributed by atoms with Crippen LogP contribution < -0.4 is 34.1 Å². The van der Waals surface area contributed by atoms with Crippen molar-refractivity contribution in [3.8, 4) is 0 Å². The molecule has 1 heterocycles. The van der Waals surface area contributed by atoms with Gasteiger partial charge in [0, 0.05) is 0 Å². The summed E-state index contributed by atoms with van der Waals surface area (Å²) in [5.74, 6) is 0. The molecule has 0 aliphatic carbocycles. The number of carbonyl (C=O) groups excluding carboxylic acids is 2. The molecular weight excluding hydrogens is 207 g/mol. The van der Waals surface area contributed by atoms with Crippen LogP contribution in [0.1, 0.15) is 6.92 Å². The van der Waals surface area contributed by atoms with E-state index in [9.17, 15) is 0 Å². The summed E-state index contributed by atoms with van der Waals surface area (Å²) in [5.41, 5.74) is 0. The minimum atomic E-state index is 0. The van der Waals surface area contributed by atoms with Crippen LogP contribution in [0.15, 0.2) is 18.7 Å². The number of rotatable bonds is 1. The molecule has 0 saturated carbocycles. The van der Waals surface area contributed by atoms with Gasteiger partial charge in [-0.15, -0.1) is 0 Å². The van der Waals surface area contributed by atoms with Crippen LogP contribution in [0, 0.1) is 0 Å². The second kappa shape index (κ2) is 15.4. The molecule has 0 bridgehead atoms. The quantitative estimate of drug-likeness (QED) is 0.219. The molecule has 0 aromatic carbocycles. The Kier molecular flexibility index (Phi) is 20.1. The van der Waals surface area contributed by atoms with Crippen molar-refractivity contribution in [2.75, 3.05) is 0 Å². The largest absolute Gasteiger partial charge is 1.00 e. The van der Waals surface area contributed by atoms with Crippen LogP contribution >= 0.6 is 0 Å². The monoisotopic (exact) mass is 218 g/mol. The molecule has 0 aliphatic rings. The van der Waals surface area contributed by atoms with E-state index in [1.54, 1.807) is 0 Å². The van der Waals surface area contributed by atoms with Gasteiger partial charge in [0.15, 0.2) is 0 Å². The van der Waals surface area contributed by atoms with Gasteiger partial charge in [-0.3, -0.25) is 9.59 Å². The van der Waals surface area contributed by atoms with Crippen molar-refractivity contribution in [1.29, 1.82) is 0 Å². The molecule has 0 amide bonds. The van der Waals surface area contributed by atoms with Gasteiger partial charge in [-0.1, -0.05) is 0 Å². The number of imidazole rings is 1. The Morgan fingerprint density at radius 3 is 1.87 bits per heavy atom. The van der Waals surface area contributed by atoms with Crippen LogP contribution in [-0.2, 0) is 23.2 Å². The van der Waals surface area contributed by atoms with Gasteiger partial charge in [0.1, 0.15) is 12.4 Å². The van der Waals surface area contributed by atoms with E-state index in [4.69, 9.17) is 20.4 Å². The van der Waals surface area contributed by atoms with E-state index in [1.165, 1.54) is 0 Å². The summed E-state index contributed by atoms with van der Waals surface area (Å²) in [6.45, 7) is 3.18. The maximum absolute atomic E-state index is 8.24. The Morgan fingerprint density at radius 2 is 1.73 bits per heavy atom. The average molecular weight is 218 g/mol. The van der Waals surface area contributed by atoms with Gasteiger partial charge in [0.25, 0.3) is 0 Å². The van der Waals surface area contributed by atoms with Crippen LogP contribution in [0.2, 0.25) is 0 Å². The topological polar surface area (TPSA) is 87.6 Å². The minimum absolute atomic E-state index is 0. The van der Waals surface area contributed by atoms with E-state index in [-0.39, 0.29) is 29.6 Å². The number of isocyanates is 2. The normalized spacial score (nSPS) is 6.27. The van der Waals surface area contributed by atoms with Crippen LogP contribution in [0.5, 0.6) is 0 Å². The van der Waals surface area contributed by atoms with E-state index < -0.39 is 0 Å². The third kappa shape index (κ3) is 15.7. The summed E-state index contributed by atoms with van der Waals surface area (Å²) < 4.78 is 4.16. The summed E-state index contributed by atoms with van der Waals surface area (Å²) in [4.78, 5) is 16.5. The summed E-state index contributed by atoms with van der Waals surface area (Å²) in [7, 11) is 2.02. The van der Waals surface area contributed by atoms with Crippen LogP contribution in [0.4, 0.5) is 0 Å². The molecule has 0 spiro atoms. The van der Waals surface area contributed by atoms with Crippen LogP contribution in [0.3, 0.4) is 0 Å². The van der Waals surface area contributed by atoms with Crippen molar-refractivity contribution in [1.82, 2.24) is 4.57 Å². The van der Waals surface area contributed by atoms with Crippen LogP contribution in [0.25, 0.3) is 10.8 Å². The molecule has 6 nitrogen and oxygen atoms in total. The molecule has 1 aromatic rings. The van der Waals surface area contributed by atoms with Crippen molar-refractivity contribution in [2.45, 2.75) is 13.5 Å². The smallest absolute Gasteiger partial charge is 0.724 e. The maximum atomic E-state index is 8.24. The fraction of sp³-hybridized carbons (Fsp3) is 0.375. The predicted octanol–water partition coefficient (Wildman–Crippen LogP) is -2.88. The fourth-order valence-electron chi connectivity index (χ4n) is 0.689. The zero-order valence-corrected chi connectivity index (χ0v) is 11.0. The fourth-order valence-corrected chi connectivity index (χ4v) is 0.689. The first-order valence-corrected chi connectivity index (χ1v) is 3.69. The van der Waals surface area contributed by atoms with Gasteiger partial charge in [-0.2, -0.15) is 0 Å². The van der Waals surface area contributed by atoms with Crippen molar-refractivity contribution in [2.24, 2.45) is 7.05 Å². The minimum Gasteiger partial charge on any atom is -0.724 e. The first-order valence-electron chi connectivity index (χ1n) is 3.69. The molecule has 0 N–H and O–H groups in total. The third-order valence-corrected chi connectivity index (χ3v) is 1.19. The number of hydrogen-bond acceptors (Lipinski definition) is 2. The summed E-state index contributed by atoms with van der Waals surface area (Å²) in [5, 5.41) is 13.5. The number of nitrogens with zero attached hydrogens (tertiary/aromatic N) is 4. The number of aromatic nitrogens is 2. The molecule has 7 heteroatoms. The van der Waals surface area contributed by atoms with Gasteiger partial charge in [-0.25, -0.2) is 9.13 Å². The second-order valence-electron chi connectivity index (χ2n) is 2.09. The van der Waals surface area contributed by atoms with Crippen molar-refractivity contribution in [3.63, 3.8) is 0 Å². The molecule has 0 atom stereocenters. The van der Waals surface area contributed by atoms with Crippen molar-refractivity contribution < 1.29 is 43.7 Å². The zero-order chi connectivity index (χ0) is 11.4. The Morgan fingerprint density at radius 1 is 1.33 bits per heavy atom. The zero-order valence-electron chi connectivity index (χ0n) is 9.04. The van der Waals surface area contributed by atoms with Gasteiger partial charge in [-0.05, 0) is 19.1 Å². The molecule has 0 saturated heterocycles. The number of aryl methyl sites for hydroxylation is 2. The van der Waals surface area contributed by atoms with Crippen molar-refractivity contribution >= 4 is 12.2 Å². The van der Waals surface area contributed by atoms with Gasteiger partial charge < -0.3 is 10.8 Å². The molecule has 1 aromatic heterocycles. The first kappa shape index (κ1) is 19.5. The van der Waals surface area contributed by atoms with E-state index in [0.717, 1.165) is 6.54 Å². The maximum Gasteiger partial charge on any atom is 1.00 e. The molecular formula is C8H11N4NaO2. The van der Waals surface area contributed by atoms with Crippen molar-refractivity contribution in [3.05, 3.63) is 29.5 Å². The summed E-state index contributed by atoms with van der Waals surface area (Å²) in [6.07, 6.45) is 7.14. The Bertz CT molecular complexity index is 300. The van der Waals surface area contributed by atoms with E-state index in [0.29, 0.717) is 12.2 Å². The van der Waals surface area contributed by atoms with Crippen LogP contribution in [-0.4, -0.2) is 16.7 Å². The van der Waals surface area contributed by atoms with Gasteiger partial charge in [0.05, 0.1) is 13.6 Å². The molecule has 0 aliphatic heterocycles. The molecule has 76 valence electrons. The van der Waals surface area contributed by atoms with Gasteiger partial charge in [0.2, 0.25) is 6.33 Å². The van der Waals surface area contributed by atoms with E-state index in [1.807, 2.05) is 17.8 Å². The molecule has 0 radical (unpaired) electrons. The Hall–Kier alpha value is -1.03. The first-order chi connectivity index (χ1) is 6.65. The third-order valence-electron chi connectivity index (χ3n) is 1.19. The Labute approximate surface area is 110 Å². The predicted molar refractivity (Wildman–Crippen MR) is 49.4 cm³/mol. The van der Waals surface area contributed by atoms with E-state index in [2.05, 4.69) is 24.0 Å². The molecule has 0 fully saturated rings. The average Bonchev–Trinajstić information content (AvgIpc) is 2.54. The Balaban J connectivity index is -0.000000177. The van der Waals surface area contributed by atoms with Gasteiger partial charge >= 0.3 is 29.6 Å². The standard InChI is InChI=1S/C6H11N2.2CNO.Na/c1-3-8-5-4-7(2)6-8;2*2-1-3;/h4-6H,3H2,1-2H3;;;/q+1;2*-1;+1.